The summed E-state index contributed by atoms with van der Waals surface area (Å²) in [6, 6.07) is 8.26. The van der Waals surface area contributed by atoms with Crippen molar-refractivity contribution < 1.29 is 4.79 Å². The van der Waals surface area contributed by atoms with Crippen molar-refractivity contribution in [3.8, 4) is 0 Å². The smallest absolute Gasteiger partial charge is 0.244 e. The molecule has 0 aliphatic heterocycles. The van der Waals surface area contributed by atoms with E-state index >= 15 is 0 Å². The van der Waals surface area contributed by atoms with Crippen LogP contribution in [0.4, 0.5) is 0 Å². The molecule has 1 amide bonds. The minimum atomic E-state index is 0.0111. The molecule has 2 rings (SSSR count). The molecule has 1 aliphatic carbocycles. The Kier molecular flexibility index (Phi) is 4.59. The Hall–Kier alpha value is -1.09. The monoisotopic (exact) mass is 307 g/mol. The largest absolute Gasteiger partial charge is 0.350 e. The van der Waals surface area contributed by atoms with Crippen LogP contribution in [-0.4, -0.2) is 11.9 Å². The van der Waals surface area contributed by atoms with E-state index in [1.165, 1.54) is 6.42 Å². The fourth-order valence-electron chi connectivity index (χ4n) is 2.33. The number of amides is 1. The maximum atomic E-state index is 11.7. The third kappa shape index (κ3) is 3.98. The first kappa shape index (κ1) is 13.3. The molecular weight excluding hydrogens is 290 g/mol. The van der Waals surface area contributed by atoms with Crippen molar-refractivity contribution in [2.24, 2.45) is 5.92 Å². The van der Waals surface area contributed by atoms with Crippen LogP contribution < -0.4 is 5.32 Å². The van der Waals surface area contributed by atoms with E-state index in [2.05, 4.69) is 28.2 Å². The first-order valence-corrected chi connectivity index (χ1v) is 7.17. The molecule has 18 heavy (non-hydrogen) atoms. The molecule has 96 valence electrons. The predicted octanol–water partition coefficient (Wildman–Crippen LogP) is 3.77. The molecule has 1 N–H and O–H groups in total. The van der Waals surface area contributed by atoms with Crippen LogP contribution >= 0.6 is 15.9 Å². The number of rotatable bonds is 3. The van der Waals surface area contributed by atoms with Crippen LogP contribution in [0.25, 0.3) is 6.08 Å². The van der Waals surface area contributed by atoms with E-state index < -0.39 is 0 Å². The zero-order chi connectivity index (χ0) is 13.0. The van der Waals surface area contributed by atoms with Gasteiger partial charge in [-0.1, -0.05) is 35.0 Å². The van der Waals surface area contributed by atoms with Crippen LogP contribution in [0.5, 0.6) is 0 Å². The highest BCUT2D eigenvalue weighted by molar-refractivity contribution is 9.10. The molecule has 3 heteroatoms. The summed E-state index contributed by atoms with van der Waals surface area (Å²) in [6.07, 6.45) is 6.91. The Balaban J connectivity index is 1.85. The lowest BCUT2D eigenvalue weighted by Gasteiger charge is -2.09. The average Bonchev–Trinajstić information content (AvgIpc) is 2.74. The second-order valence-electron chi connectivity index (χ2n) is 5.01. The predicted molar refractivity (Wildman–Crippen MR) is 78.1 cm³/mol. The van der Waals surface area contributed by atoms with Crippen LogP contribution in [0, 0.1) is 5.92 Å². The molecule has 1 fully saturated rings. The molecule has 0 bridgehead atoms. The van der Waals surface area contributed by atoms with Crippen molar-refractivity contribution in [1.29, 1.82) is 0 Å². The van der Waals surface area contributed by atoms with Crippen molar-refractivity contribution >= 4 is 27.9 Å². The maximum Gasteiger partial charge on any atom is 0.244 e. The van der Waals surface area contributed by atoms with Crippen molar-refractivity contribution in [2.45, 2.75) is 32.2 Å². The molecule has 0 saturated heterocycles. The van der Waals surface area contributed by atoms with E-state index in [4.69, 9.17) is 0 Å². The van der Waals surface area contributed by atoms with Gasteiger partial charge in [-0.25, -0.2) is 0 Å². The normalized spacial score (nSPS) is 23.4. The van der Waals surface area contributed by atoms with Crippen LogP contribution in [0.2, 0.25) is 0 Å². The molecule has 0 aromatic heterocycles. The molecule has 2 atom stereocenters. The highest BCUT2D eigenvalue weighted by atomic mass is 79.9. The van der Waals surface area contributed by atoms with E-state index in [1.54, 1.807) is 6.08 Å². The van der Waals surface area contributed by atoms with E-state index in [0.29, 0.717) is 6.04 Å². The van der Waals surface area contributed by atoms with Gasteiger partial charge in [0.2, 0.25) is 5.91 Å². The Morgan fingerprint density at radius 3 is 2.67 bits per heavy atom. The molecule has 0 spiro atoms. The quantitative estimate of drug-likeness (QED) is 0.846. The molecule has 2 nitrogen and oxygen atoms in total. The van der Waals surface area contributed by atoms with E-state index in [9.17, 15) is 4.79 Å². The number of carbonyl (C=O) groups is 1. The van der Waals surface area contributed by atoms with E-state index in [1.807, 2.05) is 30.3 Å². The first-order valence-electron chi connectivity index (χ1n) is 6.37. The summed E-state index contributed by atoms with van der Waals surface area (Å²) in [5.74, 6) is 0.753. The van der Waals surface area contributed by atoms with Crippen LogP contribution in [0.3, 0.4) is 0 Å². The van der Waals surface area contributed by atoms with Crippen molar-refractivity contribution in [1.82, 2.24) is 5.32 Å². The SMILES string of the molecule is CC1CCC(NC(=O)/C=C/c2ccc(Br)cc2)C1. The second-order valence-corrected chi connectivity index (χ2v) is 5.92. The summed E-state index contributed by atoms with van der Waals surface area (Å²) in [6.45, 7) is 2.24. The summed E-state index contributed by atoms with van der Waals surface area (Å²) in [4.78, 5) is 11.7. The Bertz CT molecular complexity index is 438. The third-order valence-corrected chi connectivity index (χ3v) is 3.87. The van der Waals surface area contributed by atoms with Gasteiger partial charge in [0.05, 0.1) is 0 Å². The number of nitrogens with one attached hydrogen (secondary N) is 1. The fraction of sp³-hybridized carbons (Fsp3) is 0.400. The zero-order valence-electron chi connectivity index (χ0n) is 10.5. The second kappa shape index (κ2) is 6.19. The highest BCUT2D eigenvalue weighted by Crippen LogP contribution is 2.24. The van der Waals surface area contributed by atoms with Gasteiger partial charge in [-0.05, 0) is 49.0 Å². The fourth-order valence-corrected chi connectivity index (χ4v) is 2.60. The molecule has 0 heterocycles. The topological polar surface area (TPSA) is 29.1 Å². The van der Waals surface area contributed by atoms with Gasteiger partial charge in [0, 0.05) is 16.6 Å². The lowest BCUT2D eigenvalue weighted by molar-refractivity contribution is -0.117. The molecule has 1 saturated carbocycles. The molecule has 2 unspecified atom stereocenters. The van der Waals surface area contributed by atoms with Crippen LogP contribution in [0.15, 0.2) is 34.8 Å². The molecule has 0 radical (unpaired) electrons. The van der Waals surface area contributed by atoms with Gasteiger partial charge in [0.1, 0.15) is 0 Å². The maximum absolute atomic E-state index is 11.7. The standard InChI is InChI=1S/C15H18BrNO/c1-11-2-8-14(10-11)17-15(18)9-5-12-3-6-13(16)7-4-12/h3-7,9,11,14H,2,8,10H2,1H3,(H,17,18)/b9-5+. The lowest BCUT2D eigenvalue weighted by Crippen LogP contribution is -2.31. The summed E-state index contributed by atoms with van der Waals surface area (Å²) in [5, 5.41) is 3.06. The van der Waals surface area contributed by atoms with Crippen molar-refractivity contribution in [3.05, 3.63) is 40.4 Å². The summed E-state index contributed by atoms with van der Waals surface area (Å²) in [7, 11) is 0. The van der Waals surface area contributed by atoms with Crippen LogP contribution in [-0.2, 0) is 4.79 Å². The Labute approximate surface area is 117 Å². The third-order valence-electron chi connectivity index (χ3n) is 3.34. The Morgan fingerprint density at radius 1 is 1.33 bits per heavy atom. The average molecular weight is 308 g/mol. The molecular formula is C15H18BrNO. The number of benzene rings is 1. The molecule has 1 aliphatic rings. The lowest BCUT2D eigenvalue weighted by atomic mass is 10.1. The minimum Gasteiger partial charge on any atom is -0.350 e. The van der Waals surface area contributed by atoms with Gasteiger partial charge < -0.3 is 5.32 Å². The van der Waals surface area contributed by atoms with Gasteiger partial charge >= 0.3 is 0 Å². The van der Waals surface area contributed by atoms with Gasteiger partial charge in [0.15, 0.2) is 0 Å². The van der Waals surface area contributed by atoms with E-state index in [-0.39, 0.29) is 5.91 Å². The summed E-state index contributed by atoms with van der Waals surface area (Å²) in [5.41, 5.74) is 1.04. The van der Waals surface area contributed by atoms with Crippen molar-refractivity contribution in [3.63, 3.8) is 0 Å². The van der Waals surface area contributed by atoms with Crippen molar-refractivity contribution in [2.75, 3.05) is 0 Å². The van der Waals surface area contributed by atoms with Gasteiger partial charge in [-0.2, -0.15) is 0 Å². The minimum absolute atomic E-state index is 0.0111. The highest BCUT2D eigenvalue weighted by Gasteiger charge is 2.21. The first-order chi connectivity index (χ1) is 8.63. The number of hydrogen-bond donors (Lipinski definition) is 1. The van der Waals surface area contributed by atoms with Crippen LogP contribution in [0.1, 0.15) is 31.7 Å². The Morgan fingerprint density at radius 2 is 2.06 bits per heavy atom. The number of hydrogen-bond acceptors (Lipinski definition) is 1. The van der Waals surface area contributed by atoms with Gasteiger partial charge in [0.25, 0.3) is 0 Å². The van der Waals surface area contributed by atoms with Gasteiger partial charge in [-0.15, -0.1) is 0 Å². The zero-order valence-corrected chi connectivity index (χ0v) is 12.1. The molecule has 1 aromatic carbocycles. The summed E-state index contributed by atoms with van der Waals surface area (Å²) >= 11 is 3.39. The molecule has 1 aromatic rings. The number of carbonyl (C=O) groups excluding carboxylic acids is 1. The number of halogens is 1. The van der Waals surface area contributed by atoms with Gasteiger partial charge in [-0.3, -0.25) is 4.79 Å². The van der Waals surface area contributed by atoms with E-state index in [0.717, 1.165) is 28.8 Å². The summed E-state index contributed by atoms with van der Waals surface area (Å²) < 4.78 is 1.05.